The fourth-order valence-corrected chi connectivity index (χ4v) is 2.54. The van der Waals surface area contributed by atoms with Crippen LogP contribution in [0, 0.1) is 20.8 Å². The van der Waals surface area contributed by atoms with Crippen molar-refractivity contribution in [2.45, 2.75) is 33.9 Å². The maximum atomic E-state index is 9.18. The van der Waals surface area contributed by atoms with Crippen LogP contribution in [0.2, 0.25) is 0 Å². The van der Waals surface area contributed by atoms with E-state index in [4.69, 9.17) is 9.47 Å². The van der Waals surface area contributed by atoms with Gasteiger partial charge in [0.05, 0.1) is 33.1 Å². The number of nitrogens with one attached hydrogen (secondary N) is 1. The Morgan fingerprint density at radius 2 is 1.78 bits per heavy atom. The molecule has 0 spiro atoms. The Balaban J connectivity index is 2.24. The highest BCUT2D eigenvalue weighted by Gasteiger charge is 2.13. The number of aliphatic hydroxyl groups is 1. The van der Waals surface area contributed by atoms with Gasteiger partial charge in [-0.2, -0.15) is 5.10 Å². The van der Waals surface area contributed by atoms with Crippen molar-refractivity contribution in [3.63, 3.8) is 0 Å². The Labute approximate surface area is 137 Å². The minimum absolute atomic E-state index is 0.0601. The van der Waals surface area contributed by atoms with Gasteiger partial charge in [-0.15, -0.1) is 0 Å². The van der Waals surface area contributed by atoms with E-state index >= 15 is 0 Å². The van der Waals surface area contributed by atoms with E-state index in [0.29, 0.717) is 18.8 Å². The van der Waals surface area contributed by atoms with Gasteiger partial charge in [0.25, 0.3) is 0 Å². The number of benzene rings is 1. The zero-order valence-electron chi connectivity index (χ0n) is 14.4. The van der Waals surface area contributed by atoms with Gasteiger partial charge < -0.3 is 19.9 Å². The molecule has 23 heavy (non-hydrogen) atoms. The van der Waals surface area contributed by atoms with Crippen LogP contribution >= 0.6 is 0 Å². The van der Waals surface area contributed by atoms with E-state index in [9.17, 15) is 5.11 Å². The number of aryl methyl sites for hydroxylation is 2. The summed E-state index contributed by atoms with van der Waals surface area (Å²) in [6.45, 7) is 7.22. The smallest absolute Gasteiger partial charge is 0.161 e. The molecule has 2 N–H and O–H groups in total. The number of aliphatic hydroxyl groups excluding tert-OH is 1. The van der Waals surface area contributed by atoms with Crippen molar-refractivity contribution in [1.29, 1.82) is 0 Å². The van der Waals surface area contributed by atoms with Crippen molar-refractivity contribution in [2.24, 2.45) is 0 Å². The van der Waals surface area contributed by atoms with Gasteiger partial charge in [-0.1, -0.05) is 0 Å². The minimum Gasteiger partial charge on any atom is -0.493 e. The number of nitrogens with zero attached hydrogens (tertiary/aromatic N) is 2. The highest BCUT2D eigenvalue weighted by Crippen LogP contribution is 2.31. The Hall–Kier alpha value is -2.21. The summed E-state index contributed by atoms with van der Waals surface area (Å²) in [6, 6.07) is 3.95. The van der Waals surface area contributed by atoms with Gasteiger partial charge in [0.2, 0.25) is 0 Å². The standard InChI is InChI=1S/C17H25N3O3/c1-11-8-15(22-4)16(23-5)9-14(11)10-18-17-12(2)13(3)19-20(17)6-7-21/h8-9,18,21H,6-7,10H2,1-5H3. The molecule has 0 amide bonds. The summed E-state index contributed by atoms with van der Waals surface area (Å²) in [6.07, 6.45) is 0. The van der Waals surface area contributed by atoms with Gasteiger partial charge in [-0.05, 0) is 44.0 Å². The molecule has 0 saturated heterocycles. The molecule has 126 valence electrons. The molecular weight excluding hydrogens is 294 g/mol. The first kappa shape index (κ1) is 17.1. The third kappa shape index (κ3) is 3.59. The molecular formula is C17H25N3O3. The predicted octanol–water partition coefficient (Wildman–Crippen LogP) is 2.43. The van der Waals surface area contributed by atoms with Crippen molar-refractivity contribution >= 4 is 5.82 Å². The lowest BCUT2D eigenvalue weighted by molar-refractivity contribution is 0.270. The van der Waals surface area contributed by atoms with E-state index in [1.807, 2.05) is 32.9 Å². The monoisotopic (exact) mass is 319 g/mol. The number of rotatable bonds is 7. The van der Waals surface area contributed by atoms with Crippen molar-refractivity contribution in [3.8, 4) is 11.5 Å². The van der Waals surface area contributed by atoms with Crippen LogP contribution in [0.25, 0.3) is 0 Å². The van der Waals surface area contributed by atoms with E-state index in [1.54, 1.807) is 18.9 Å². The SMILES string of the molecule is COc1cc(C)c(CNc2c(C)c(C)nn2CCO)cc1OC. The molecule has 0 bridgehead atoms. The predicted molar refractivity (Wildman–Crippen MR) is 90.4 cm³/mol. The normalized spacial score (nSPS) is 10.7. The van der Waals surface area contributed by atoms with Gasteiger partial charge in [-0.3, -0.25) is 0 Å². The molecule has 0 aliphatic carbocycles. The lowest BCUT2D eigenvalue weighted by Gasteiger charge is -2.15. The zero-order chi connectivity index (χ0) is 17.0. The molecule has 6 nitrogen and oxygen atoms in total. The van der Waals surface area contributed by atoms with Crippen LogP contribution in [0.3, 0.4) is 0 Å². The second-order valence-corrected chi connectivity index (χ2v) is 5.49. The van der Waals surface area contributed by atoms with Crippen LogP contribution in [0.1, 0.15) is 22.4 Å². The van der Waals surface area contributed by atoms with Crippen molar-refractivity contribution in [1.82, 2.24) is 9.78 Å². The summed E-state index contributed by atoms with van der Waals surface area (Å²) in [5.41, 5.74) is 4.30. The van der Waals surface area contributed by atoms with Crippen LogP contribution in [-0.2, 0) is 13.1 Å². The van der Waals surface area contributed by atoms with Crippen LogP contribution in [0.4, 0.5) is 5.82 Å². The molecule has 0 aliphatic heterocycles. The molecule has 0 aliphatic rings. The van der Waals surface area contributed by atoms with E-state index in [1.165, 1.54) is 0 Å². The lowest BCUT2D eigenvalue weighted by atomic mass is 10.1. The van der Waals surface area contributed by atoms with Crippen molar-refractivity contribution in [3.05, 3.63) is 34.5 Å². The van der Waals surface area contributed by atoms with Crippen LogP contribution < -0.4 is 14.8 Å². The first-order valence-electron chi connectivity index (χ1n) is 7.62. The Bertz CT molecular complexity index is 680. The van der Waals surface area contributed by atoms with Crippen molar-refractivity contribution < 1.29 is 14.6 Å². The second kappa shape index (κ2) is 7.37. The minimum atomic E-state index is 0.0601. The molecule has 0 fully saturated rings. The van der Waals surface area contributed by atoms with E-state index < -0.39 is 0 Å². The van der Waals surface area contributed by atoms with Gasteiger partial charge >= 0.3 is 0 Å². The fraction of sp³-hybridized carbons (Fsp3) is 0.471. The fourth-order valence-electron chi connectivity index (χ4n) is 2.54. The Kier molecular flexibility index (Phi) is 5.50. The topological polar surface area (TPSA) is 68.5 Å². The number of ether oxygens (including phenoxy) is 2. The Morgan fingerprint density at radius 3 is 2.39 bits per heavy atom. The maximum absolute atomic E-state index is 9.18. The van der Waals surface area contributed by atoms with E-state index in [0.717, 1.165) is 34.0 Å². The molecule has 0 atom stereocenters. The lowest BCUT2D eigenvalue weighted by Crippen LogP contribution is -2.11. The van der Waals surface area contributed by atoms with Crippen LogP contribution in [0.15, 0.2) is 12.1 Å². The second-order valence-electron chi connectivity index (χ2n) is 5.49. The number of methoxy groups -OCH3 is 2. The summed E-state index contributed by atoms with van der Waals surface area (Å²) in [5, 5.41) is 17.1. The average molecular weight is 319 g/mol. The van der Waals surface area contributed by atoms with Gasteiger partial charge in [-0.25, -0.2) is 4.68 Å². The summed E-state index contributed by atoms with van der Waals surface area (Å²) in [7, 11) is 3.27. The number of anilines is 1. The van der Waals surface area contributed by atoms with Crippen LogP contribution in [-0.4, -0.2) is 35.7 Å². The zero-order valence-corrected chi connectivity index (χ0v) is 14.4. The molecule has 1 aromatic heterocycles. The molecule has 0 radical (unpaired) electrons. The number of hydrogen-bond donors (Lipinski definition) is 2. The average Bonchev–Trinajstić information content (AvgIpc) is 2.80. The van der Waals surface area contributed by atoms with Gasteiger partial charge in [0, 0.05) is 12.1 Å². The van der Waals surface area contributed by atoms with Gasteiger partial charge in [0.1, 0.15) is 5.82 Å². The molecule has 2 rings (SSSR count). The highest BCUT2D eigenvalue weighted by molar-refractivity contribution is 5.50. The Morgan fingerprint density at radius 1 is 1.13 bits per heavy atom. The third-order valence-corrected chi connectivity index (χ3v) is 4.03. The molecule has 6 heteroatoms. The molecule has 2 aromatic rings. The molecule has 1 heterocycles. The highest BCUT2D eigenvalue weighted by atomic mass is 16.5. The number of aromatic nitrogens is 2. The summed E-state index contributed by atoms with van der Waals surface area (Å²) >= 11 is 0. The first-order valence-corrected chi connectivity index (χ1v) is 7.62. The quantitative estimate of drug-likeness (QED) is 0.820. The molecule has 0 saturated carbocycles. The van der Waals surface area contributed by atoms with E-state index in [2.05, 4.69) is 10.4 Å². The maximum Gasteiger partial charge on any atom is 0.161 e. The summed E-state index contributed by atoms with van der Waals surface area (Å²) < 4.78 is 12.5. The van der Waals surface area contributed by atoms with Crippen LogP contribution in [0.5, 0.6) is 11.5 Å². The molecule has 1 aromatic carbocycles. The first-order chi connectivity index (χ1) is 11.0. The largest absolute Gasteiger partial charge is 0.493 e. The van der Waals surface area contributed by atoms with Gasteiger partial charge in [0.15, 0.2) is 11.5 Å². The third-order valence-electron chi connectivity index (χ3n) is 4.03. The van der Waals surface area contributed by atoms with E-state index in [-0.39, 0.29) is 6.61 Å². The summed E-state index contributed by atoms with van der Waals surface area (Å²) in [4.78, 5) is 0. The number of hydrogen-bond acceptors (Lipinski definition) is 5. The molecule has 0 unspecified atom stereocenters. The summed E-state index contributed by atoms with van der Waals surface area (Å²) in [5.74, 6) is 2.38. The van der Waals surface area contributed by atoms with Crippen molar-refractivity contribution in [2.75, 3.05) is 26.1 Å².